The predicted molar refractivity (Wildman–Crippen MR) is 184 cm³/mol. The number of ether oxygens (including phenoxy) is 1. The van der Waals surface area contributed by atoms with Gasteiger partial charge in [-0.2, -0.15) is 0 Å². The maximum Gasteiger partial charge on any atom is 0.409 e. The largest absolute Gasteiger partial charge is 0.450 e. The van der Waals surface area contributed by atoms with E-state index in [1.54, 1.807) is 4.90 Å². The Bertz CT molecular complexity index is 1600. The topological polar surface area (TPSA) is 87.1 Å². The number of carbonyl (C=O) groups excluding carboxylic acids is 2. The van der Waals surface area contributed by atoms with Crippen LogP contribution in [0.4, 0.5) is 4.79 Å². The van der Waals surface area contributed by atoms with Gasteiger partial charge in [-0.3, -0.25) is 4.79 Å². The zero-order valence-corrected chi connectivity index (χ0v) is 28.5. The van der Waals surface area contributed by atoms with Crippen molar-refractivity contribution in [3.8, 4) is 11.1 Å². The maximum atomic E-state index is 14.9. The van der Waals surface area contributed by atoms with Crippen molar-refractivity contribution in [2.45, 2.75) is 90.8 Å². The van der Waals surface area contributed by atoms with E-state index in [1.165, 1.54) is 0 Å². The predicted octanol–water partition coefficient (Wildman–Crippen LogP) is 8.00. The van der Waals surface area contributed by atoms with E-state index < -0.39 is 22.5 Å². The van der Waals surface area contributed by atoms with Crippen LogP contribution in [0.15, 0.2) is 78.4 Å². The molecule has 2 N–H and O–H groups in total. The van der Waals surface area contributed by atoms with Crippen molar-refractivity contribution >= 4 is 11.9 Å². The van der Waals surface area contributed by atoms with Crippen LogP contribution in [0.25, 0.3) is 11.1 Å². The third-order valence-electron chi connectivity index (χ3n) is 13.7. The van der Waals surface area contributed by atoms with Gasteiger partial charge < -0.3 is 19.8 Å². The van der Waals surface area contributed by atoms with Crippen molar-refractivity contribution in [1.82, 2.24) is 4.90 Å². The molecule has 1 unspecified atom stereocenters. The lowest BCUT2D eigenvalue weighted by Gasteiger charge is -2.71. The molecular weight excluding hydrogens is 586 g/mol. The summed E-state index contributed by atoms with van der Waals surface area (Å²) in [6, 6.07) is 18.2. The Morgan fingerprint density at radius 2 is 1.53 bits per heavy atom. The second-order valence-corrected chi connectivity index (χ2v) is 15.7. The van der Waals surface area contributed by atoms with Crippen molar-refractivity contribution in [1.29, 1.82) is 0 Å². The molecule has 8 atom stereocenters. The van der Waals surface area contributed by atoms with E-state index in [9.17, 15) is 19.8 Å². The minimum atomic E-state index is -1.10. The quantitative estimate of drug-likeness (QED) is 0.226. The number of nitrogens with zero attached hydrogens (tertiary/aromatic N) is 1. The van der Waals surface area contributed by atoms with E-state index in [1.807, 2.05) is 56.3 Å². The van der Waals surface area contributed by atoms with Gasteiger partial charge in [-0.1, -0.05) is 93.6 Å². The minimum Gasteiger partial charge on any atom is -0.450 e. The molecule has 2 aromatic rings. The molecular formula is C41H51NO5. The van der Waals surface area contributed by atoms with Crippen LogP contribution in [-0.4, -0.2) is 58.4 Å². The Morgan fingerprint density at radius 3 is 2.23 bits per heavy atom. The number of amides is 1. The fraction of sp³-hybridized carbons (Fsp3) is 0.561. The van der Waals surface area contributed by atoms with E-state index in [-0.39, 0.29) is 41.1 Å². The summed E-state index contributed by atoms with van der Waals surface area (Å²) in [5.41, 5.74) is 1.09. The highest BCUT2D eigenvalue weighted by molar-refractivity contribution is 6.10. The fourth-order valence-electron chi connectivity index (χ4n) is 11.2. The normalized spacial score (nSPS) is 38.2. The van der Waals surface area contributed by atoms with Crippen LogP contribution in [0, 0.1) is 33.5 Å². The molecule has 2 aromatic carbocycles. The Morgan fingerprint density at radius 1 is 0.872 bits per heavy atom. The number of hydrogen-bond donors (Lipinski definition) is 2. The SMILES string of the molecule is CCCN(C[C@]1(O)CC[C@H]2[C@]34C=C[C@@]5(C=C3C(=O)c3ccc(-c6ccccc6)cc3)CC(O)CC[C@]5(C)[C@H]4CC[C@@]21C)C(=O)OCC. The molecule has 250 valence electrons. The minimum absolute atomic E-state index is 0.0291. The first kappa shape index (κ1) is 32.3. The molecule has 3 fully saturated rings. The molecule has 2 bridgehead atoms. The number of aliphatic hydroxyl groups excluding tert-OH is 1. The van der Waals surface area contributed by atoms with Gasteiger partial charge in [-0.25, -0.2) is 4.79 Å². The van der Waals surface area contributed by atoms with E-state index in [0.29, 0.717) is 31.6 Å². The van der Waals surface area contributed by atoms with E-state index >= 15 is 0 Å². The van der Waals surface area contributed by atoms with Gasteiger partial charge in [-0.15, -0.1) is 0 Å². The van der Waals surface area contributed by atoms with Gasteiger partial charge in [0.2, 0.25) is 0 Å². The molecule has 47 heavy (non-hydrogen) atoms. The van der Waals surface area contributed by atoms with Crippen LogP contribution < -0.4 is 0 Å². The number of carbonyl (C=O) groups is 2. The lowest BCUT2D eigenvalue weighted by molar-refractivity contribution is -0.175. The maximum absolute atomic E-state index is 14.9. The standard InChI is InChI=1S/C41H51NO5/c1-5-24-42(36(45)47-6-2)27-40(46)21-18-34-38(40,4)20-17-33-37(3)19-16-31(43)25-39(37)22-23-41(33,34)32(26-39)35(44)30-14-12-29(13-15-30)28-10-8-7-9-11-28/h7-15,22-23,26,31,33-34,43,46H,5-6,16-21,24-25,27H2,1-4H3/t31?,33-,34-,37-,38+,39+,40-,41-/m1/s1. The number of benzene rings is 2. The Balaban J connectivity index is 1.31. The van der Waals surface area contributed by atoms with Gasteiger partial charge in [0, 0.05) is 33.9 Å². The number of ketones is 1. The summed E-state index contributed by atoms with van der Waals surface area (Å²) in [7, 11) is 0. The zero-order valence-electron chi connectivity index (χ0n) is 28.5. The first-order chi connectivity index (χ1) is 22.5. The van der Waals surface area contributed by atoms with Crippen LogP contribution in [0.5, 0.6) is 0 Å². The van der Waals surface area contributed by atoms with E-state index in [2.05, 4.69) is 44.2 Å². The summed E-state index contributed by atoms with van der Waals surface area (Å²) in [5.74, 6) is 0.304. The molecule has 0 radical (unpaired) electrons. The second-order valence-electron chi connectivity index (χ2n) is 15.7. The average Bonchev–Trinajstić information content (AvgIpc) is 3.34. The van der Waals surface area contributed by atoms with Gasteiger partial charge in [0.05, 0.1) is 24.9 Å². The average molecular weight is 638 g/mol. The lowest BCUT2D eigenvalue weighted by atomic mass is 9.32. The van der Waals surface area contributed by atoms with E-state index in [4.69, 9.17) is 4.74 Å². The van der Waals surface area contributed by atoms with Crippen LogP contribution in [0.3, 0.4) is 0 Å². The molecule has 0 aliphatic heterocycles. The first-order valence-corrected chi connectivity index (χ1v) is 17.9. The first-order valence-electron chi connectivity index (χ1n) is 17.9. The van der Waals surface area contributed by atoms with Crippen molar-refractivity contribution in [2.24, 2.45) is 33.5 Å². The summed E-state index contributed by atoms with van der Waals surface area (Å²) in [4.78, 5) is 29.7. The highest BCUT2D eigenvalue weighted by Gasteiger charge is 2.74. The van der Waals surface area contributed by atoms with Crippen LogP contribution in [0.2, 0.25) is 0 Å². The number of hydrogen-bond acceptors (Lipinski definition) is 5. The Hall–Kier alpha value is -3.22. The molecule has 8 rings (SSSR count). The molecule has 0 saturated heterocycles. The highest BCUT2D eigenvalue weighted by atomic mass is 16.6. The van der Waals surface area contributed by atoms with Gasteiger partial charge in [0.1, 0.15) is 0 Å². The molecule has 6 aliphatic carbocycles. The number of allylic oxidation sites excluding steroid dienone is 4. The van der Waals surface area contributed by atoms with Gasteiger partial charge in [-0.05, 0) is 86.7 Å². The summed E-state index contributed by atoms with van der Waals surface area (Å²) in [6.07, 6.45) is 12.4. The van der Waals surface area contributed by atoms with E-state index in [0.717, 1.165) is 55.2 Å². The van der Waals surface area contributed by atoms with Gasteiger partial charge >= 0.3 is 6.09 Å². The molecule has 0 heterocycles. The van der Waals surface area contributed by atoms with Crippen molar-refractivity contribution in [2.75, 3.05) is 19.7 Å². The van der Waals surface area contributed by atoms with Crippen molar-refractivity contribution < 1.29 is 24.5 Å². The molecule has 6 aliphatic rings. The molecule has 6 heteroatoms. The number of rotatable bonds is 8. The molecule has 2 spiro atoms. The molecule has 1 amide bonds. The number of fused-ring (bicyclic) bond motifs is 1. The Labute approximate surface area is 279 Å². The zero-order chi connectivity index (χ0) is 33.2. The molecule has 0 aromatic heterocycles. The third kappa shape index (κ3) is 4.57. The van der Waals surface area contributed by atoms with Crippen LogP contribution in [-0.2, 0) is 4.74 Å². The molecule has 6 nitrogen and oxygen atoms in total. The smallest absolute Gasteiger partial charge is 0.409 e. The highest BCUT2D eigenvalue weighted by Crippen LogP contribution is 2.78. The second kappa shape index (κ2) is 11.4. The summed E-state index contributed by atoms with van der Waals surface area (Å²) >= 11 is 0. The summed E-state index contributed by atoms with van der Waals surface area (Å²) < 4.78 is 5.42. The van der Waals surface area contributed by atoms with Gasteiger partial charge in [0.15, 0.2) is 5.78 Å². The van der Waals surface area contributed by atoms with Crippen molar-refractivity contribution in [3.63, 3.8) is 0 Å². The fourth-order valence-corrected chi connectivity index (χ4v) is 11.2. The van der Waals surface area contributed by atoms with Crippen LogP contribution >= 0.6 is 0 Å². The lowest BCUT2D eigenvalue weighted by Crippen LogP contribution is -2.67. The number of aliphatic hydroxyl groups is 2. The van der Waals surface area contributed by atoms with Crippen molar-refractivity contribution in [3.05, 3.63) is 84.0 Å². The number of Topliss-reactive ketones (excluding diaryl/α,β-unsaturated/α-hetero) is 1. The monoisotopic (exact) mass is 637 g/mol. The van der Waals surface area contributed by atoms with Crippen LogP contribution in [0.1, 0.15) is 89.4 Å². The summed E-state index contributed by atoms with van der Waals surface area (Å²) in [6.45, 7) is 9.54. The summed E-state index contributed by atoms with van der Waals surface area (Å²) in [5, 5.41) is 23.7. The Kier molecular flexibility index (Phi) is 7.87. The molecule has 3 saturated carbocycles. The third-order valence-corrected chi connectivity index (χ3v) is 13.7. The van der Waals surface area contributed by atoms with Gasteiger partial charge in [0.25, 0.3) is 0 Å².